The van der Waals surface area contributed by atoms with Crippen molar-refractivity contribution in [2.24, 2.45) is 0 Å². The average molecular weight is 364 g/mol. The van der Waals surface area contributed by atoms with Crippen molar-refractivity contribution in [2.45, 2.75) is 45.2 Å². The van der Waals surface area contributed by atoms with Crippen LogP contribution in [0.15, 0.2) is 6.33 Å². The number of nitrogens with zero attached hydrogens (tertiary/aromatic N) is 5. The topological polar surface area (TPSA) is 92.6 Å². The standard InChI is InChI=1S/C17H28N6O3/c1-2-21-13-19-20-15(21)5-6-18-16(24)11-14-12-26-10-9-23(14)17(25)22-7-3-4-8-22/h13-14H,2-12H2,1H3,(H,18,24)/t14-/m0/s1. The molecule has 0 saturated carbocycles. The maximum Gasteiger partial charge on any atom is 0.320 e. The van der Waals surface area contributed by atoms with Crippen LogP contribution in [0.2, 0.25) is 0 Å². The lowest BCUT2D eigenvalue weighted by Gasteiger charge is -2.37. The summed E-state index contributed by atoms with van der Waals surface area (Å²) in [4.78, 5) is 28.7. The first kappa shape index (κ1) is 18.6. The predicted molar refractivity (Wildman–Crippen MR) is 94.5 cm³/mol. The number of nitrogens with one attached hydrogen (secondary N) is 1. The highest BCUT2D eigenvalue weighted by Gasteiger charge is 2.32. The minimum atomic E-state index is -0.198. The fraction of sp³-hybridized carbons (Fsp3) is 0.765. The van der Waals surface area contributed by atoms with E-state index in [1.54, 1.807) is 6.33 Å². The third-order valence-electron chi connectivity index (χ3n) is 4.98. The molecular formula is C17H28N6O3. The highest BCUT2D eigenvalue weighted by atomic mass is 16.5. The molecule has 2 saturated heterocycles. The van der Waals surface area contributed by atoms with Crippen LogP contribution in [0.5, 0.6) is 0 Å². The van der Waals surface area contributed by atoms with Crippen LogP contribution in [0.4, 0.5) is 4.79 Å². The Morgan fingerprint density at radius 1 is 1.31 bits per heavy atom. The van der Waals surface area contributed by atoms with Crippen LogP contribution in [0.3, 0.4) is 0 Å². The van der Waals surface area contributed by atoms with Crippen LogP contribution in [0.1, 0.15) is 32.0 Å². The molecule has 0 bridgehead atoms. The Kier molecular flexibility index (Phi) is 6.43. The second-order valence-corrected chi connectivity index (χ2v) is 6.74. The molecule has 26 heavy (non-hydrogen) atoms. The van der Waals surface area contributed by atoms with Crippen LogP contribution in [-0.4, -0.2) is 81.9 Å². The molecule has 2 aliphatic heterocycles. The van der Waals surface area contributed by atoms with Gasteiger partial charge in [0.25, 0.3) is 0 Å². The largest absolute Gasteiger partial charge is 0.377 e. The first-order chi connectivity index (χ1) is 12.7. The van der Waals surface area contributed by atoms with Gasteiger partial charge < -0.3 is 24.4 Å². The average Bonchev–Trinajstić information content (AvgIpc) is 3.33. The van der Waals surface area contributed by atoms with Crippen molar-refractivity contribution in [1.29, 1.82) is 0 Å². The van der Waals surface area contributed by atoms with Crippen LogP contribution < -0.4 is 5.32 Å². The Hall–Kier alpha value is -2.16. The lowest BCUT2D eigenvalue weighted by Crippen LogP contribution is -2.54. The number of amides is 3. The fourth-order valence-electron chi connectivity index (χ4n) is 3.50. The normalized spacial score (nSPS) is 20.4. The van der Waals surface area contributed by atoms with Gasteiger partial charge in [0.1, 0.15) is 12.2 Å². The van der Waals surface area contributed by atoms with E-state index >= 15 is 0 Å². The van der Waals surface area contributed by atoms with Gasteiger partial charge in [-0.05, 0) is 19.8 Å². The van der Waals surface area contributed by atoms with Gasteiger partial charge in [0.2, 0.25) is 5.91 Å². The van der Waals surface area contributed by atoms with Gasteiger partial charge in [0, 0.05) is 45.6 Å². The monoisotopic (exact) mass is 364 g/mol. The second-order valence-electron chi connectivity index (χ2n) is 6.74. The van der Waals surface area contributed by atoms with Crippen molar-refractivity contribution < 1.29 is 14.3 Å². The van der Waals surface area contributed by atoms with Crippen molar-refractivity contribution in [3.63, 3.8) is 0 Å². The smallest absolute Gasteiger partial charge is 0.320 e. The molecule has 2 aliphatic rings. The molecule has 3 heterocycles. The molecule has 9 nitrogen and oxygen atoms in total. The second kappa shape index (κ2) is 8.98. The predicted octanol–water partition coefficient (Wildman–Crippen LogP) is 0.263. The van der Waals surface area contributed by atoms with Gasteiger partial charge in [0.05, 0.1) is 19.3 Å². The molecule has 0 unspecified atom stereocenters. The molecule has 3 rings (SSSR count). The molecule has 0 aliphatic carbocycles. The summed E-state index contributed by atoms with van der Waals surface area (Å²) >= 11 is 0. The summed E-state index contributed by atoms with van der Waals surface area (Å²) in [5, 5.41) is 10.9. The van der Waals surface area contributed by atoms with Crippen LogP contribution in [0, 0.1) is 0 Å². The van der Waals surface area contributed by atoms with E-state index in [-0.39, 0.29) is 24.4 Å². The van der Waals surface area contributed by atoms with Gasteiger partial charge in [0.15, 0.2) is 0 Å². The number of aryl methyl sites for hydroxylation is 1. The molecule has 1 aromatic heterocycles. The molecule has 0 spiro atoms. The van der Waals surface area contributed by atoms with E-state index in [0.717, 1.165) is 38.3 Å². The Balaban J connectivity index is 1.47. The van der Waals surface area contributed by atoms with Crippen LogP contribution in [-0.2, 0) is 22.5 Å². The van der Waals surface area contributed by atoms with Gasteiger partial charge >= 0.3 is 6.03 Å². The van der Waals surface area contributed by atoms with E-state index in [0.29, 0.717) is 32.7 Å². The third kappa shape index (κ3) is 4.51. The number of hydrogen-bond acceptors (Lipinski definition) is 5. The number of hydrogen-bond donors (Lipinski definition) is 1. The van der Waals surface area contributed by atoms with E-state index in [1.807, 2.05) is 21.3 Å². The van der Waals surface area contributed by atoms with Crippen molar-refractivity contribution in [2.75, 3.05) is 39.4 Å². The molecule has 0 radical (unpaired) electrons. The van der Waals surface area contributed by atoms with Crippen LogP contribution in [0.25, 0.3) is 0 Å². The molecule has 9 heteroatoms. The molecular weight excluding hydrogens is 336 g/mol. The number of urea groups is 1. The summed E-state index contributed by atoms with van der Waals surface area (Å²) in [7, 11) is 0. The lowest BCUT2D eigenvalue weighted by molar-refractivity contribution is -0.123. The Labute approximate surface area is 153 Å². The maximum atomic E-state index is 12.7. The molecule has 3 amide bonds. The van der Waals surface area contributed by atoms with E-state index in [2.05, 4.69) is 15.5 Å². The number of likely N-dealkylation sites (tertiary alicyclic amines) is 1. The van der Waals surface area contributed by atoms with E-state index in [1.165, 1.54) is 0 Å². The Bertz CT molecular complexity index is 613. The molecule has 2 fully saturated rings. The van der Waals surface area contributed by atoms with E-state index in [4.69, 9.17) is 4.74 Å². The highest BCUT2D eigenvalue weighted by Crippen LogP contribution is 2.17. The first-order valence-electron chi connectivity index (χ1n) is 9.45. The summed E-state index contributed by atoms with van der Waals surface area (Å²) in [6.45, 7) is 6.46. The van der Waals surface area contributed by atoms with E-state index in [9.17, 15) is 9.59 Å². The zero-order valence-electron chi connectivity index (χ0n) is 15.4. The summed E-state index contributed by atoms with van der Waals surface area (Å²) in [5.41, 5.74) is 0. The third-order valence-corrected chi connectivity index (χ3v) is 4.98. The molecule has 0 aromatic carbocycles. The quantitative estimate of drug-likeness (QED) is 0.782. The summed E-state index contributed by atoms with van der Waals surface area (Å²) in [5.74, 6) is 0.793. The van der Waals surface area contributed by atoms with Crippen molar-refractivity contribution in [3.05, 3.63) is 12.2 Å². The first-order valence-corrected chi connectivity index (χ1v) is 9.45. The van der Waals surface area contributed by atoms with Gasteiger partial charge in [-0.3, -0.25) is 4.79 Å². The van der Waals surface area contributed by atoms with Crippen molar-refractivity contribution >= 4 is 11.9 Å². The summed E-state index contributed by atoms with van der Waals surface area (Å²) < 4.78 is 7.46. The van der Waals surface area contributed by atoms with E-state index < -0.39 is 0 Å². The van der Waals surface area contributed by atoms with Gasteiger partial charge in [-0.25, -0.2) is 4.79 Å². The number of carbonyl (C=O) groups is 2. The van der Waals surface area contributed by atoms with Crippen LogP contribution >= 0.6 is 0 Å². The lowest BCUT2D eigenvalue weighted by atomic mass is 10.1. The number of aromatic nitrogens is 3. The Morgan fingerprint density at radius 2 is 2.12 bits per heavy atom. The van der Waals surface area contributed by atoms with Crippen molar-refractivity contribution in [1.82, 2.24) is 29.9 Å². The molecule has 144 valence electrons. The van der Waals surface area contributed by atoms with Gasteiger partial charge in [-0.1, -0.05) is 0 Å². The molecule has 1 N–H and O–H groups in total. The number of morpholine rings is 1. The molecule has 1 aromatic rings. The SMILES string of the molecule is CCn1cnnc1CCNC(=O)C[C@H]1COCCN1C(=O)N1CCCC1. The summed E-state index contributed by atoms with van der Waals surface area (Å²) in [6, 6.07) is -0.157. The highest BCUT2D eigenvalue weighted by molar-refractivity contribution is 5.79. The molecule has 1 atom stereocenters. The maximum absolute atomic E-state index is 12.7. The Morgan fingerprint density at radius 3 is 2.88 bits per heavy atom. The zero-order valence-corrected chi connectivity index (χ0v) is 15.4. The number of ether oxygens (including phenoxy) is 1. The number of carbonyl (C=O) groups excluding carboxylic acids is 2. The minimum absolute atomic E-state index is 0.0413. The number of rotatable bonds is 6. The minimum Gasteiger partial charge on any atom is -0.377 e. The van der Waals surface area contributed by atoms with Gasteiger partial charge in [-0.15, -0.1) is 10.2 Å². The fourth-order valence-corrected chi connectivity index (χ4v) is 3.50. The van der Waals surface area contributed by atoms with Gasteiger partial charge in [-0.2, -0.15) is 0 Å². The van der Waals surface area contributed by atoms with Crippen molar-refractivity contribution in [3.8, 4) is 0 Å². The summed E-state index contributed by atoms with van der Waals surface area (Å²) in [6.07, 6.45) is 4.71. The zero-order chi connectivity index (χ0) is 18.4.